The zero-order chi connectivity index (χ0) is 9.42. The fraction of sp³-hybridized carbons (Fsp3) is 0.500. The third-order valence-corrected chi connectivity index (χ3v) is 2.96. The summed E-state index contributed by atoms with van der Waals surface area (Å²) in [5.74, 6) is -0.973. The van der Waals surface area contributed by atoms with Gasteiger partial charge in [-0.15, -0.1) is 0 Å². The lowest BCUT2D eigenvalue weighted by Crippen LogP contribution is -2.16. The number of nitrogens with zero attached hydrogens (tertiary/aromatic N) is 2. The Labute approximate surface area is 83.7 Å². The SMILES string of the molecule is O=C(O)c1cn(C2CCC2)c(Br)n1. The summed E-state index contributed by atoms with van der Waals surface area (Å²) in [4.78, 5) is 14.5. The van der Waals surface area contributed by atoms with Crippen molar-refractivity contribution in [3.05, 3.63) is 16.6 Å². The van der Waals surface area contributed by atoms with Crippen LogP contribution in [-0.2, 0) is 0 Å². The molecule has 1 aliphatic rings. The number of imidazole rings is 1. The molecule has 0 bridgehead atoms. The highest BCUT2D eigenvalue weighted by molar-refractivity contribution is 9.10. The van der Waals surface area contributed by atoms with Crippen molar-refractivity contribution in [1.82, 2.24) is 9.55 Å². The zero-order valence-corrected chi connectivity index (χ0v) is 8.49. The normalized spacial score (nSPS) is 17.0. The molecule has 2 rings (SSSR count). The van der Waals surface area contributed by atoms with Crippen LogP contribution in [0.25, 0.3) is 0 Å². The minimum atomic E-state index is -0.973. The van der Waals surface area contributed by atoms with E-state index in [1.807, 2.05) is 4.57 Å². The monoisotopic (exact) mass is 244 g/mol. The van der Waals surface area contributed by atoms with Gasteiger partial charge in [-0.25, -0.2) is 9.78 Å². The van der Waals surface area contributed by atoms with Gasteiger partial charge in [0.25, 0.3) is 0 Å². The quantitative estimate of drug-likeness (QED) is 0.867. The van der Waals surface area contributed by atoms with Crippen molar-refractivity contribution in [3.8, 4) is 0 Å². The summed E-state index contributed by atoms with van der Waals surface area (Å²) >= 11 is 3.25. The van der Waals surface area contributed by atoms with Crippen LogP contribution in [0.15, 0.2) is 10.9 Å². The number of hydrogen-bond donors (Lipinski definition) is 1. The van der Waals surface area contributed by atoms with E-state index in [1.54, 1.807) is 6.20 Å². The van der Waals surface area contributed by atoms with Gasteiger partial charge in [-0.2, -0.15) is 0 Å². The summed E-state index contributed by atoms with van der Waals surface area (Å²) in [6.45, 7) is 0. The topological polar surface area (TPSA) is 55.1 Å². The van der Waals surface area contributed by atoms with Gasteiger partial charge in [-0.3, -0.25) is 0 Å². The van der Waals surface area contributed by atoms with E-state index in [0.717, 1.165) is 12.8 Å². The molecule has 0 aromatic carbocycles. The van der Waals surface area contributed by atoms with Crippen LogP contribution < -0.4 is 0 Å². The molecule has 0 amide bonds. The van der Waals surface area contributed by atoms with Crippen LogP contribution in [0.5, 0.6) is 0 Å². The molecule has 13 heavy (non-hydrogen) atoms. The third kappa shape index (κ3) is 1.48. The first kappa shape index (κ1) is 8.74. The fourth-order valence-electron chi connectivity index (χ4n) is 1.39. The molecule has 0 atom stereocenters. The molecule has 1 aromatic heterocycles. The maximum atomic E-state index is 10.6. The second-order valence-electron chi connectivity index (χ2n) is 3.19. The summed E-state index contributed by atoms with van der Waals surface area (Å²) in [7, 11) is 0. The number of carboxylic acids is 1. The highest BCUT2D eigenvalue weighted by atomic mass is 79.9. The number of hydrogen-bond acceptors (Lipinski definition) is 2. The van der Waals surface area contributed by atoms with Crippen molar-refractivity contribution in [1.29, 1.82) is 0 Å². The lowest BCUT2D eigenvalue weighted by Gasteiger charge is -2.27. The molecule has 0 saturated heterocycles. The van der Waals surface area contributed by atoms with Crippen molar-refractivity contribution in [2.45, 2.75) is 25.3 Å². The Bertz CT molecular complexity index is 344. The Morgan fingerprint density at radius 1 is 1.69 bits per heavy atom. The van der Waals surface area contributed by atoms with Gasteiger partial charge in [0.2, 0.25) is 0 Å². The van der Waals surface area contributed by atoms with E-state index in [9.17, 15) is 4.79 Å². The van der Waals surface area contributed by atoms with Crippen molar-refractivity contribution in [2.24, 2.45) is 0 Å². The minimum Gasteiger partial charge on any atom is -0.476 e. The molecule has 1 N–H and O–H groups in total. The molecular weight excluding hydrogens is 236 g/mol. The van der Waals surface area contributed by atoms with Gasteiger partial charge in [0.1, 0.15) is 0 Å². The fourth-order valence-corrected chi connectivity index (χ4v) is 1.98. The maximum absolute atomic E-state index is 10.6. The first-order valence-corrected chi connectivity index (χ1v) is 4.95. The van der Waals surface area contributed by atoms with Crippen molar-refractivity contribution < 1.29 is 9.90 Å². The number of carboxylic acid groups (broad SMARTS) is 1. The minimum absolute atomic E-state index is 0.110. The Kier molecular flexibility index (Phi) is 2.11. The van der Waals surface area contributed by atoms with E-state index in [2.05, 4.69) is 20.9 Å². The standard InChI is InChI=1S/C8H9BrN2O2/c9-8-10-6(7(12)13)4-11(8)5-2-1-3-5/h4-5H,1-3H2,(H,12,13). The molecular formula is C8H9BrN2O2. The third-order valence-electron chi connectivity index (χ3n) is 2.37. The van der Waals surface area contributed by atoms with E-state index in [1.165, 1.54) is 6.42 Å². The average molecular weight is 245 g/mol. The molecule has 0 unspecified atom stereocenters. The Balaban J connectivity index is 2.29. The number of aromatic carboxylic acids is 1. The van der Waals surface area contributed by atoms with Crippen molar-refractivity contribution in [2.75, 3.05) is 0 Å². The summed E-state index contributed by atoms with van der Waals surface area (Å²) in [6.07, 6.45) is 5.05. The van der Waals surface area contributed by atoms with Gasteiger partial charge in [0.15, 0.2) is 10.4 Å². The summed E-state index contributed by atoms with van der Waals surface area (Å²) < 4.78 is 2.52. The van der Waals surface area contributed by atoms with Gasteiger partial charge >= 0.3 is 5.97 Å². The molecule has 1 heterocycles. The molecule has 0 radical (unpaired) electrons. The smallest absolute Gasteiger partial charge is 0.356 e. The maximum Gasteiger partial charge on any atom is 0.356 e. The van der Waals surface area contributed by atoms with Crippen LogP contribution in [0.2, 0.25) is 0 Å². The van der Waals surface area contributed by atoms with Crippen LogP contribution in [0, 0.1) is 0 Å². The molecule has 0 spiro atoms. The zero-order valence-electron chi connectivity index (χ0n) is 6.90. The Hall–Kier alpha value is -0.840. The molecule has 1 fully saturated rings. The second-order valence-corrected chi connectivity index (χ2v) is 3.90. The highest BCUT2D eigenvalue weighted by Crippen LogP contribution is 2.33. The Morgan fingerprint density at radius 2 is 2.38 bits per heavy atom. The molecule has 1 aliphatic carbocycles. The predicted molar refractivity (Wildman–Crippen MR) is 49.8 cm³/mol. The van der Waals surface area contributed by atoms with E-state index < -0.39 is 5.97 Å². The van der Waals surface area contributed by atoms with Gasteiger partial charge in [0, 0.05) is 12.2 Å². The average Bonchev–Trinajstić information content (AvgIpc) is 2.29. The summed E-state index contributed by atoms with van der Waals surface area (Å²) in [6, 6.07) is 0.440. The molecule has 1 aromatic rings. The first-order valence-electron chi connectivity index (χ1n) is 4.16. The van der Waals surface area contributed by atoms with E-state index in [-0.39, 0.29) is 5.69 Å². The van der Waals surface area contributed by atoms with Crippen LogP contribution in [0.4, 0.5) is 0 Å². The van der Waals surface area contributed by atoms with Crippen molar-refractivity contribution in [3.63, 3.8) is 0 Å². The highest BCUT2D eigenvalue weighted by Gasteiger charge is 2.23. The van der Waals surface area contributed by atoms with Crippen molar-refractivity contribution >= 4 is 21.9 Å². The summed E-state index contributed by atoms with van der Waals surface area (Å²) in [5.41, 5.74) is 0.110. The number of halogens is 1. The van der Waals surface area contributed by atoms with Gasteiger partial charge in [-0.1, -0.05) is 0 Å². The van der Waals surface area contributed by atoms with E-state index >= 15 is 0 Å². The molecule has 5 heteroatoms. The molecule has 4 nitrogen and oxygen atoms in total. The van der Waals surface area contributed by atoms with Crippen LogP contribution in [0.3, 0.4) is 0 Å². The largest absolute Gasteiger partial charge is 0.476 e. The number of rotatable bonds is 2. The predicted octanol–water partition coefficient (Wildman–Crippen LogP) is 2.07. The molecule has 1 saturated carbocycles. The Morgan fingerprint density at radius 3 is 2.77 bits per heavy atom. The lowest BCUT2D eigenvalue weighted by atomic mass is 9.93. The van der Waals surface area contributed by atoms with E-state index in [0.29, 0.717) is 10.8 Å². The molecule has 70 valence electrons. The van der Waals surface area contributed by atoms with Gasteiger partial charge in [0.05, 0.1) is 0 Å². The lowest BCUT2D eigenvalue weighted by molar-refractivity contribution is 0.0690. The van der Waals surface area contributed by atoms with Crippen LogP contribution >= 0.6 is 15.9 Å². The number of aromatic nitrogens is 2. The molecule has 0 aliphatic heterocycles. The number of carbonyl (C=O) groups is 1. The van der Waals surface area contributed by atoms with Gasteiger partial charge in [-0.05, 0) is 35.2 Å². The van der Waals surface area contributed by atoms with Crippen LogP contribution in [0.1, 0.15) is 35.8 Å². The van der Waals surface area contributed by atoms with E-state index in [4.69, 9.17) is 5.11 Å². The first-order chi connectivity index (χ1) is 6.18. The van der Waals surface area contributed by atoms with Crippen LogP contribution in [-0.4, -0.2) is 20.6 Å². The van der Waals surface area contributed by atoms with Gasteiger partial charge < -0.3 is 9.67 Å². The summed E-state index contributed by atoms with van der Waals surface area (Å²) in [5, 5.41) is 8.70. The second kappa shape index (κ2) is 3.14.